The number of hydrogen-bond donors (Lipinski definition) is 0. The second kappa shape index (κ2) is 5.15. The number of methoxy groups -OCH3 is 1. The van der Waals surface area contributed by atoms with E-state index in [-0.39, 0.29) is 11.4 Å². The zero-order valence-corrected chi connectivity index (χ0v) is 8.75. The Morgan fingerprint density at radius 2 is 2.21 bits per heavy atom. The number of esters is 1. The van der Waals surface area contributed by atoms with E-state index in [0.717, 1.165) is 25.7 Å². The molecule has 80 valence electrons. The van der Waals surface area contributed by atoms with Gasteiger partial charge in [-0.05, 0) is 25.7 Å². The van der Waals surface area contributed by atoms with Gasteiger partial charge in [0.15, 0.2) is 0 Å². The molecule has 0 radical (unpaired) electrons. The molecule has 0 spiro atoms. The maximum atomic E-state index is 11.7. The molecule has 0 atom stereocenters. The fourth-order valence-corrected chi connectivity index (χ4v) is 1.91. The molecule has 0 bridgehead atoms. The lowest BCUT2D eigenvalue weighted by molar-refractivity contribution is -0.159. The standard InChI is InChI=1S/C11H18O3/c1-3-4-5-11(10(12)13-2)6-8-14-9-7-11/h3H,1,4-9H2,2H3. The molecular formula is C11H18O3. The van der Waals surface area contributed by atoms with Crippen molar-refractivity contribution in [2.24, 2.45) is 5.41 Å². The third kappa shape index (κ3) is 2.35. The van der Waals surface area contributed by atoms with Crippen molar-refractivity contribution >= 4 is 5.97 Å². The van der Waals surface area contributed by atoms with Crippen LogP contribution in [0.5, 0.6) is 0 Å². The maximum absolute atomic E-state index is 11.7. The topological polar surface area (TPSA) is 35.5 Å². The van der Waals surface area contributed by atoms with Gasteiger partial charge in [0.25, 0.3) is 0 Å². The number of rotatable bonds is 4. The van der Waals surface area contributed by atoms with Crippen molar-refractivity contribution in [2.75, 3.05) is 20.3 Å². The number of carbonyl (C=O) groups is 1. The monoisotopic (exact) mass is 198 g/mol. The van der Waals surface area contributed by atoms with Crippen molar-refractivity contribution in [2.45, 2.75) is 25.7 Å². The second-order valence-electron chi connectivity index (χ2n) is 3.71. The third-order valence-electron chi connectivity index (χ3n) is 2.90. The van der Waals surface area contributed by atoms with Crippen LogP contribution in [-0.4, -0.2) is 26.3 Å². The molecule has 1 rings (SSSR count). The van der Waals surface area contributed by atoms with Crippen molar-refractivity contribution in [1.82, 2.24) is 0 Å². The van der Waals surface area contributed by atoms with Crippen LogP contribution in [0, 0.1) is 5.41 Å². The first-order valence-electron chi connectivity index (χ1n) is 5.02. The average molecular weight is 198 g/mol. The van der Waals surface area contributed by atoms with Crippen molar-refractivity contribution < 1.29 is 14.3 Å². The van der Waals surface area contributed by atoms with Gasteiger partial charge in [0.1, 0.15) is 0 Å². The number of allylic oxidation sites excluding steroid dienone is 1. The smallest absolute Gasteiger partial charge is 0.311 e. The van der Waals surface area contributed by atoms with Crippen molar-refractivity contribution in [3.63, 3.8) is 0 Å². The molecule has 3 heteroatoms. The molecule has 1 aliphatic heterocycles. The Labute approximate surface area is 85.1 Å². The fourth-order valence-electron chi connectivity index (χ4n) is 1.91. The van der Waals surface area contributed by atoms with E-state index in [0.29, 0.717) is 13.2 Å². The molecule has 0 aromatic rings. The largest absolute Gasteiger partial charge is 0.469 e. The van der Waals surface area contributed by atoms with Gasteiger partial charge in [-0.2, -0.15) is 0 Å². The van der Waals surface area contributed by atoms with Gasteiger partial charge in [-0.1, -0.05) is 6.08 Å². The predicted octanol–water partition coefficient (Wildman–Crippen LogP) is 1.92. The zero-order valence-electron chi connectivity index (χ0n) is 8.75. The molecule has 0 aliphatic carbocycles. The summed E-state index contributed by atoms with van der Waals surface area (Å²) in [5, 5.41) is 0. The molecule has 1 aliphatic rings. The van der Waals surface area contributed by atoms with Gasteiger partial charge in [-0.15, -0.1) is 6.58 Å². The van der Waals surface area contributed by atoms with Gasteiger partial charge in [-0.25, -0.2) is 0 Å². The van der Waals surface area contributed by atoms with E-state index >= 15 is 0 Å². The Balaban J connectivity index is 2.66. The lowest BCUT2D eigenvalue weighted by atomic mass is 9.76. The summed E-state index contributed by atoms with van der Waals surface area (Å²) in [6.07, 6.45) is 5.07. The molecule has 1 saturated heterocycles. The molecule has 3 nitrogen and oxygen atoms in total. The van der Waals surface area contributed by atoms with Gasteiger partial charge in [0, 0.05) is 13.2 Å². The van der Waals surface area contributed by atoms with E-state index in [1.54, 1.807) is 0 Å². The summed E-state index contributed by atoms with van der Waals surface area (Å²) in [5.41, 5.74) is -0.318. The number of hydrogen-bond acceptors (Lipinski definition) is 3. The van der Waals surface area contributed by atoms with Crippen molar-refractivity contribution in [3.8, 4) is 0 Å². The first-order valence-corrected chi connectivity index (χ1v) is 5.02. The van der Waals surface area contributed by atoms with Crippen LogP contribution in [0.15, 0.2) is 12.7 Å². The van der Waals surface area contributed by atoms with E-state index in [2.05, 4.69) is 6.58 Å². The van der Waals surface area contributed by atoms with Gasteiger partial charge in [0.05, 0.1) is 12.5 Å². The van der Waals surface area contributed by atoms with Crippen LogP contribution < -0.4 is 0 Å². The van der Waals surface area contributed by atoms with E-state index in [4.69, 9.17) is 9.47 Å². The highest BCUT2D eigenvalue weighted by atomic mass is 16.5. The first-order chi connectivity index (χ1) is 6.75. The van der Waals surface area contributed by atoms with Crippen LogP contribution >= 0.6 is 0 Å². The molecule has 14 heavy (non-hydrogen) atoms. The fraction of sp³-hybridized carbons (Fsp3) is 0.727. The van der Waals surface area contributed by atoms with Crippen molar-refractivity contribution in [3.05, 3.63) is 12.7 Å². The van der Waals surface area contributed by atoms with Gasteiger partial charge in [0.2, 0.25) is 0 Å². The first kappa shape index (κ1) is 11.2. The highest BCUT2D eigenvalue weighted by Gasteiger charge is 2.40. The van der Waals surface area contributed by atoms with Gasteiger partial charge < -0.3 is 9.47 Å². The zero-order chi connectivity index (χ0) is 10.4. The van der Waals surface area contributed by atoms with E-state index in [9.17, 15) is 4.79 Å². The minimum Gasteiger partial charge on any atom is -0.469 e. The molecule has 1 fully saturated rings. The molecule has 1 heterocycles. The molecule has 0 aromatic heterocycles. The summed E-state index contributed by atoms with van der Waals surface area (Å²) >= 11 is 0. The molecule has 0 saturated carbocycles. The van der Waals surface area contributed by atoms with Crippen LogP contribution in [0.1, 0.15) is 25.7 Å². The van der Waals surface area contributed by atoms with E-state index in [1.165, 1.54) is 7.11 Å². The molecule has 0 amide bonds. The summed E-state index contributed by atoms with van der Waals surface area (Å²) in [6.45, 7) is 5.00. The Hall–Kier alpha value is -0.830. The lowest BCUT2D eigenvalue weighted by Crippen LogP contribution is -2.38. The lowest BCUT2D eigenvalue weighted by Gasteiger charge is -2.34. The third-order valence-corrected chi connectivity index (χ3v) is 2.90. The highest BCUT2D eigenvalue weighted by molar-refractivity contribution is 5.76. The molecular weight excluding hydrogens is 180 g/mol. The highest BCUT2D eigenvalue weighted by Crippen LogP contribution is 2.36. The van der Waals surface area contributed by atoms with Crippen molar-refractivity contribution in [1.29, 1.82) is 0 Å². The summed E-state index contributed by atoms with van der Waals surface area (Å²) in [5.74, 6) is -0.0948. The maximum Gasteiger partial charge on any atom is 0.311 e. The Morgan fingerprint density at radius 3 is 2.71 bits per heavy atom. The van der Waals surface area contributed by atoms with E-state index in [1.807, 2.05) is 6.08 Å². The quantitative estimate of drug-likeness (QED) is 0.511. The summed E-state index contributed by atoms with van der Waals surface area (Å²) < 4.78 is 10.1. The second-order valence-corrected chi connectivity index (χ2v) is 3.71. The summed E-state index contributed by atoms with van der Waals surface area (Å²) in [6, 6.07) is 0. The normalized spacial score (nSPS) is 20.1. The Morgan fingerprint density at radius 1 is 1.57 bits per heavy atom. The van der Waals surface area contributed by atoms with Crippen LogP contribution in [0.2, 0.25) is 0 Å². The average Bonchev–Trinajstić information content (AvgIpc) is 2.26. The van der Waals surface area contributed by atoms with Gasteiger partial charge in [-0.3, -0.25) is 4.79 Å². The molecule has 0 aromatic carbocycles. The summed E-state index contributed by atoms with van der Waals surface area (Å²) in [4.78, 5) is 11.7. The number of ether oxygens (including phenoxy) is 2. The van der Waals surface area contributed by atoms with Crippen LogP contribution in [0.3, 0.4) is 0 Å². The Kier molecular flexibility index (Phi) is 4.14. The Bertz CT molecular complexity index is 205. The molecule has 0 N–H and O–H groups in total. The summed E-state index contributed by atoms with van der Waals surface area (Å²) in [7, 11) is 1.45. The SMILES string of the molecule is C=CCCC1(C(=O)OC)CCOCC1. The number of carbonyl (C=O) groups excluding carboxylic acids is 1. The van der Waals surface area contributed by atoms with Crippen LogP contribution in [0.4, 0.5) is 0 Å². The predicted molar refractivity (Wildman–Crippen MR) is 53.9 cm³/mol. The van der Waals surface area contributed by atoms with E-state index < -0.39 is 0 Å². The van der Waals surface area contributed by atoms with Gasteiger partial charge >= 0.3 is 5.97 Å². The van der Waals surface area contributed by atoms with Crippen LogP contribution in [0.25, 0.3) is 0 Å². The molecule has 0 unspecified atom stereocenters. The minimum atomic E-state index is -0.318. The minimum absolute atomic E-state index is 0.0948. The van der Waals surface area contributed by atoms with Crippen LogP contribution in [-0.2, 0) is 14.3 Å².